The molecule has 1 aliphatic heterocycles. The highest BCUT2D eigenvalue weighted by Gasteiger charge is 2.30. The number of nitrogens with zero attached hydrogens (tertiary/aromatic N) is 2. The number of rotatable bonds is 5. The van der Waals surface area contributed by atoms with E-state index in [4.69, 9.17) is 4.74 Å². The van der Waals surface area contributed by atoms with E-state index in [9.17, 15) is 9.18 Å². The summed E-state index contributed by atoms with van der Waals surface area (Å²) < 4.78 is 20.6. The number of amides is 1. The third-order valence-electron chi connectivity index (χ3n) is 4.63. The molecule has 0 bridgehead atoms. The Morgan fingerprint density at radius 3 is 2.69 bits per heavy atom. The van der Waals surface area contributed by atoms with E-state index in [0.29, 0.717) is 23.9 Å². The largest absolute Gasteiger partial charge is 0.490 e. The van der Waals surface area contributed by atoms with Crippen LogP contribution in [0.2, 0.25) is 0 Å². The summed E-state index contributed by atoms with van der Waals surface area (Å²) in [5, 5.41) is 7.54. The minimum absolute atomic E-state index is 0.0633. The topological polar surface area (TPSA) is 56.1 Å². The monoisotopic (exact) mass is 409 g/mol. The van der Waals surface area contributed by atoms with Crippen molar-refractivity contribution >= 4 is 23.5 Å². The van der Waals surface area contributed by atoms with E-state index in [0.717, 1.165) is 22.6 Å². The summed E-state index contributed by atoms with van der Waals surface area (Å²) in [6.07, 6.45) is 1.70. The van der Waals surface area contributed by atoms with Gasteiger partial charge in [0.1, 0.15) is 24.0 Å². The number of anilines is 1. The molecule has 2 aromatic carbocycles. The minimum atomic E-state index is -0.319. The van der Waals surface area contributed by atoms with E-state index in [-0.39, 0.29) is 17.0 Å². The summed E-state index contributed by atoms with van der Waals surface area (Å²) in [6.45, 7) is 6.02. The number of carbonyl (C=O) groups excluding carboxylic acids is 1. The molecule has 4 rings (SSSR count). The number of fused-ring (bicyclic) bond motifs is 1. The first-order valence-corrected chi connectivity index (χ1v) is 10.2. The first kappa shape index (κ1) is 19.3. The maximum absolute atomic E-state index is 13.3. The van der Waals surface area contributed by atoms with Crippen LogP contribution in [-0.2, 0) is 4.79 Å². The fourth-order valence-corrected chi connectivity index (χ4v) is 4.50. The number of thioether (sulfide) groups is 1. The van der Waals surface area contributed by atoms with Crippen molar-refractivity contribution in [1.29, 1.82) is 0 Å². The lowest BCUT2D eigenvalue weighted by molar-refractivity contribution is -0.113. The van der Waals surface area contributed by atoms with Crippen LogP contribution in [0.1, 0.15) is 22.1 Å². The Hall–Kier alpha value is -3.06. The van der Waals surface area contributed by atoms with E-state index in [1.165, 1.54) is 12.1 Å². The number of hydrogen-bond donors (Lipinski definition) is 1. The average Bonchev–Trinajstić information content (AvgIpc) is 2.93. The van der Waals surface area contributed by atoms with Gasteiger partial charge < -0.3 is 10.1 Å². The number of benzene rings is 2. The molecule has 0 spiro atoms. The Kier molecular flexibility index (Phi) is 5.40. The Morgan fingerprint density at radius 1 is 1.28 bits per heavy atom. The van der Waals surface area contributed by atoms with Crippen LogP contribution < -0.4 is 10.1 Å². The molecule has 5 nitrogen and oxygen atoms in total. The number of aryl methyl sites for hydroxylation is 1. The van der Waals surface area contributed by atoms with Crippen molar-refractivity contribution < 1.29 is 13.9 Å². The highest BCUT2D eigenvalue weighted by molar-refractivity contribution is 8.00. The zero-order valence-electron chi connectivity index (χ0n) is 15.9. The van der Waals surface area contributed by atoms with Gasteiger partial charge in [-0.15, -0.1) is 11.8 Å². The second kappa shape index (κ2) is 8.13. The van der Waals surface area contributed by atoms with Crippen molar-refractivity contribution in [3.63, 3.8) is 0 Å². The van der Waals surface area contributed by atoms with Crippen molar-refractivity contribution in [1.82, 2.24) is 9.78 Å². The van der Waals surface area contributed by atoms with Gasteiger partial charge >= 0.3 is 0 Å². The SMILES string of the molecule is C=CCOc1ccc([C@@H]2SCC(=O)Nc3c2c(C)nn3-c2ccc(F)cc2)cc1. The molecule has 0 saturated carbocycles. The summed E-state index contributed by atoms with van der Waals surface area (Å²) in [5.74, 6) is 1.31. The van der Waals surface area contributed by atoms with Gasteiger partial charge in [0.2, 0.25) is 5.91 Å². The standard InChI is InChI=1S/C22H20FN3O2S/c1-3-12-28-18-10-4-15(5-11-18)21-20-14(2)25-26(17-8-6-16(23)7-9-17)22(20)24-19(27)13-29-21/h3-11,21H,1,12-13H2,2H3,(H,24,27)/t21-/m0/s1. The van der Waals surface area contributed by atoms with Crippen LogP contribution in [0.3, 0.4) is 0 Å². The lowest BCUT2D eigenvalue weighted by atomic mass is 10.0. The molecule has 1 aliphatic rings. The molecule has 7 heteroatoms. The molecule has 1 amide bonds. The molecule has 1 atom stereocenters. The quantitative estimate of drug-likeness (QED) is 0.623. The molecule has 0 saturated heterocycles. The summed E-state index contributed by atoms with van der Waals surface area (Å²) >= 11 is 1.55. The number of carbonyl (C=O) groups is 1. The predicted octanol–water partition coefficient (Wildman–Crippen LogP) is 4.66. The fraction of sp³-hybridized carbons (Fsp3) is 0.182. The molecule has 1 aromatic heterocycles. The number of halogens is 1. The van der Waals surface area contributed by atoms with Crippen LogP contribution in [0.15, 0.2) is 61.2 Å². The van der Waals surface area contributed by atoms with E-state index in [1.807, 2.05) is 31.2 Å². The summed E-state index contributed by atoms with van der Waals surface area (Å²) in [4.78, 5) is 12.4. The fourth-order valence-electron chi connectivity index (χ4n) is 3.31. The molecule has 148 valence electrons. The van der Waals surface area contributed by atoms with Gasteiger partial charge in [-0.25, -0.2) is 9.07 Å². The molecule has 0 aliphatic carbocycles. The molecule has 3 aromatic rings. The molecular weight excluding hydrogens is 389 g/mol. The Labute approximate surface area is 172 Å². The van der Waals surface area contributed by atoms with Crippen molar-refractivity contribution in [3.8, 4) is 11.4 Å². The van der Waals surface area contributed by atoms with Crippen molar-refractivity contribution in [2.75, 3.05) is 17.7 Å². The van der Waals surface area contributed by atoms with Crippen LogP contribution >= 0.6 is 11.8 Å². The molecule has 0 fully saturated rings. The second-order valence-corrected chi connectivity index (χ2v) is 7.74. The highest BCUT2D eigenvalue weighted by atomic mass is 32.2. The van der Waals surface area contributed by atoms with Crippen LogP contribution in [0.5, 0.6) is 5.75 Å². The number of hydrogen-bond acceptors (Lipinski definition) is 4. The van der Waals surface area contributed by atoms with Gasteiger partial charge in [-0.1, -0.05) is 24.8 Å². The predicted molar refractivity (Wildman–Crippen MR) is 113 cm³/mol. The van der Waals surface area contributed by atoms with Crippen LogP contribution in [0.25, 0.3) is 5.69 Å². The maximum atomic E-state index is 13.3. The van der Waals surface area contributed by atoms with Gasteiger partial charge in [-0.2, -0.15) is 5.10 Å². The van der Waals surface area contributed by atoms with Crippen LogP contribution in [-0.4, -0.2) is 28.0 Å². The molecule has 29 heavy (non-hydrogen) atoms. The van der Waals surface area contributed by atoms with Crippen LogP contribution in [0, 0.1) is 12.7 Å². The first-order chi connectivity index (χ1) is 14.1. The van der Waals surface area contributed by atoms with Crippen LogP contribution in [0.4, 0.5) is 10.2 Å². The van der Waals surface area contributed by atoms with Gasteiger partial charge in [0.05, 0.1) is 22.4 Å². The van der Waals surface area contributed by atoms with Crippen molar-refractivity contribution in [2.24, 2.45) is 0 Å². The zero-order chi connectivity index (χ0) is 20.4. The Balaban J connectivity index is 1.76. The third kappa shape index (κ3) is 3.91. The van der Waals surface area contributed by atoms with E-state index in [2.05, 4.69) is 17.0 Å². The smallest absolute Gasteiger partial charge is 0.235 e. The van der Waals surface area contributed by atoms with Gasteiger partial charge in [0.15, 0.2) is 0 Å². The Bertz CT molecular complexity index is 1050. The normalized spacial score (nSPS) is 15.9. The zero-order valence-corrected chi connectivity index (χ0v) is 16.7. The van der Waals surface area contributed by atoms with Gasteiger partial charge in [0.25, 0.3) is 0 Å². The van der Waals surface area contributed by atoms with Gasteiger partial charge in [-0.05, 0) is 48.9 Å². The third-order valence-corrected chi connectivity index (χ3v) is 5.90. The maximum Gasteiger partial charge on any atom is 0.235 e. The first-order valence-electron chi connectivity index (χ1n) is 9.17. The molecule has 0 radical (unpaired) electrons. The molecule has 2 heterocycles. The molecule has 1 N–H and O–H groups in total. The second-order valence-electron chi connectivity index (χ2n) is 6.64. The summed E-state index contributed by atoms with van der Waals surface area (Å²) in [6, 6.07) is 13.9. The van der Waals surface area contributed by atoms with E-state index < -0.39 is 0 Å². The molecule has 0 unspecified atom stereocenters. The van der Waals surface area contributed by atoms with E-state index >= 15 is 0 Å². The average molecular weight is 409 g/mol. The highest BCUT2D eigenvalue weighted by Crippen LogP contribution is 2.44. The number of nitrogens with one attached hydrogen (secondary N) is 1. The summed E-state index contributed by atoms with van der Waals surface area (Å²) in [7, 11) is 0. The number of aromatic nitrogens is 2. The molecular formula is C22H20FN3O2S. The lowest BCUT2D eigenvalue weighted by Crippen LogP contribution is -2.15. The van der Waals surface area contributed by atoms with Crippen molar-refractivity contribution in [2.45, 2.75) is 12.2 Å². The van der Waals surface area contributed by atoms with Gasteiger partial charge in [-0.3, -0.25) is 4.79 Å². The van der Waals surface area contributed by atoms with E-state index in [1.54, 1.807) is 34.7 Å². The summed E-state index contributed by atoms with van der Waals surface area (Å²) in [5.41, 5.74) is 3.51. The Morgan fingerprint density at radius 2 is 2.00 bits per heavy atom. The minimum Gasteiger partial charge on any atom is -0.490 e. The number of ether oxygens (including phenoxy) is 1. The van der Waals surface area contributed by atoms with Crippen molar-refractivity contribution in [3.05, 3.63) is 83.8 Å². The van der Waals surface area contributed by atoms with Gasteiger partial charge in [0, 0.05) is 5.56 Å². The lowest BCUT2D eigenvalue weighted by Gasteiger charge is -2.16.